The molecule has 1 aliphatic carbocycles. The van der Waals surface area contributed by atoms with Crippen LogP contribution in [0.4, 0.5) is 10.6 Å². The molecule has 0 bridgehead atoms. The van der Waals surface area contributed by atoms with E-state index in [9.17, 15) is 24.6 Å². The third-order valence-corrected chi connectivity index (χ3v) is 5.84. The van der Waals surface area contributed by atoms with Crippen molar-refractivity contribution in [2.75, 3.05) is 18.5 Å². The van der Waals surface area contributed by atoms with Crippen LogP contribution in [0, 0.1) is 11.3 Å². The van der Waals surface area contributed by atoms with Crippen LogP contribution >= 0.6 is 0 Å². The molecule has 2 amide bonds. The minimum absolute atomic E-state index is 0.0158. The molecule has 4 N–H and O–H groups in total. The highest BCUT2D eigenvalue weighted by Crippen LogP contribution is 2.31. The number of carbonyl (C=O) groups excluding carboxylic acids is 1. The second-order valence-electron chi connectivity index (χ2n) is 10.1. The number of aromatic hydroxyl groups is 1. The molecule has 0 atom stereocenters. The van der Waals surface area contributed by atoms with Gasteiger partial charge in [-0.1, -0.05) is 32.9 Å². The summed E-state index contributed by atoms with van der Waals surface area (Å²) in [6, 6.07) is -0.0158. The lowest BCUT2D eigenvalue weighted by Crippen LogP contribution is -2.35. The lowest BCUT2D eigenvalue weighted by atomic mass is 9.96. The van der Waals surface area contributed by atoms with Gasteiger partial charge in [0.2, 0.25) is 5.88 Å². The van der Waals surface area contributed by atoms with Crippen LogP contribution in [0.15, 0.2) is 10.9 Å². The van der Waals surface area contributed by atoms with Crippen LogP contribution in [0.2, 0.25) is 0 Å². The van der Waals surface area contributed by atoms with Gasteiger partial charge in [-0.2, -0.15) is 4.52 Å². The van der Waals surface area contributed by atoms with E-state index in [1.54, 1.807) is 6.08 Å². The van der Waals surface area contributed by atoms with E-state index in [2.05, 4.69) is 15.7 Å². The first-order valence-electron chi connectivity index (χ1n) is 11.5. The van der Waals surface area contributed by atoms with Gasteiger partial charge in [0.25, 0.3) is 11.5 Å². The topological polar surface area (TPSA) is 147 Å². The number of hydrogen-bond donors (Lipinski definition) is 4. The number of carboxylic acid groups (broad SMARTS) is 1. The Morgan fingerprint density at radius 2 is 1.88 bits per heavy atom. The van der Waals surface area contributed by atoms with Crippen LogP contribution in [-0.4, -0.2) is 55.7 Å². The molecule has 2 fully saturated rings. The molecule has 11 heteroatoms. The van der Waals surface area contributed by atoms with Crippen molar-refractivity contribution in [1.82, 2.24) is 19.5 Å². The minimum Gasteiger partial charge on any atom is -0.494 e. The molecular weight excluding hydrogens is 442 g/mol. The van der Waals surface area contributed by atoms with Gasteiger partial charge in [-0.15, -0.1) is 5.10 Å². The predicted molar refractivity (Wildman–Crippen MR) is 125 cm³/mol. The standard InChI is InChI=1S/C23H31N5O6/c1-23(2,3)12-27-19-15(7-4-13-8-10-34-11-9-13)17(25-22(32)33)26-28(19)21(31)16(20(27)30)18(29)24-14-5-6-14/h4,7,13-14,30H,5-6,8-12H2,1-3H3,(H,24,29)(H,25,26)(H,32,33)/b7-4+. The average molecular weight is 474 g/mol. The number of hydrogen-bond acceptors (Lipinski definition) is 6. The Balaban J connectivity index is 1.94. The lowest BCUT2D eigenvalue weighted by Gasteiger charge is -2.23. The van der Waals surface area contributed by atoms with E-state index in [0.29, 0.717) is 18.8 Å². The Morgan fingerprint density at radius 1 is 1.21 bits per heavy atom. The Morgan fingerprint density at radius 3 is 2.47 bits per heavy atom. The molecule has 1 saturated heterocycles. The van der Waals surface area contributed by atoms with Gasteiger partial charge in [0.1, 0.15) is 0 Å². The van der Waals surface area contributed by atoms with Crippen LogP contribution in [0.1, 0.15) is 62.4 Å². The molecule has 184 valence electrons. The molecule has 1 aliphatic heterocycles. The van der Waals surface area contributed by atoms with E-state index in [4.69, 9.17) is 4.74 Å². The van der Waals surface area contributed by atoms with Crippen molar-refractivity contribution in [2.45, 2.75) is 59.0 Å². The molecule has 0 radical (unpaired) electrons. The SMILES string of the molecule is CC(C)(C)Cn1c(O)c(C(=O)NC2CC2)c(=O)n2nc(NC(=O)O)c(/C=C/C3CCOCC3)c12. The quantitative estimate of drug-likeness (QED) is 0.504. The molecule has 2 aliphatic rings. The largest absolute Gasteiger partial charge is 0.494 e. The first-order chi connectivity index (χ1) is 16.0. The maximum Gasteiger partial charge on any atom is 0.410 e. The number of nitrogens with zero attached hydrogens (tertiary/aromatic N) is 3. The highest BCUT2D eigenvalue weighted by Gasteiger charge is 2.31. The van der Waals surface area contributed by atoms with Gasteiger partial charge in [-0.25, -0.2) is 4.79 Å². The van der Waals surface area contributed by atoms with E-state index in [-0.39, 0.29) is 35.4 Å². The number of ether oxygens (including phenoxy) is 1. The summed E-state index contributed by atoms with van der Waals surface area (Å²) in [5.74, 6) is -0.957. The zero-order chi connectivity index (χ0) is 24.6. The smallest absolute Gasteiger partial charge is 0.410 e. The van der Waals surface area contributed by atoms with Crippen LogP contribution in [0.25, 0.3) is 11.7 Å². The first kappa shape index (κ1) is 23.8. The van der Waals surface area contributed by atoms with Gasteiger partial charge in [0.15, 0.2) is 17.0 Å². The molecule has 34 heavy (non-hydrogen) atoms. The highest BCUT2D eigenvalue weighted by molar-refractivity contribution is 5.97. The van der Waals surface area contributed by atoms with E-state index in [1.165, 1.54) is 4.57 Å². The number of rotatable bonds is 6. The normalized spacial score (nSPS) is 17.4. The molecular formula is C23H31N5O6. The molecule has 0 spiro atoms. The Kier molecular flexibility index (Phi) is 6.39. The molecule has 11 nitrogen and oxygen atoms in total. The van der Waals surface area contributed by atoms with E-state index < -0.39 is 29.0 Å². The zero-order valence-electron chi connectivity index (χ0n) is 19.6. The lowest BCUT2D eigenvalue weighted by molar-refractivity contribution is 0.0787. The first-order valence-corrected chi connectivity index (χ1v) is 11.5. The Bertz CT molecular complexity index is 1200. The summed E-state index contributed by atoms with van der Waals surface area (Å²) < 4.78 is 7.87. The third-order valence-electron chi connectivity index (χ3n) is 5.84. The number of anilines is 1. The summed E-state index contributed by atoms with van der Waals surface area (Å²) in [4.78, 5) is 37.6. The van der Waals surface area contributed by atoms with E-state index >= 15 is 0 Å². The number of amides is 2. The molecule has 3 heterocycles. The van der Waals surface area contributed by atoms with Crippen LogP contribution in [0.3, 0.4) is 0 Å². The Hall–Kier alpha value is -3.34. The third kappa shape index (κ3) is 5.09. The summed E-state index contributed by atoms with van der Waals surface area (Å²) in [6.45, 7) is 7.39. The van der Waals surface area contributed by atoms with Gasteiger partial charge < -0.3 is 20.3 Å². The monoisotopic (exact) mass is 473 g/mol. The fourth-order valence-corrected chi connectivity index (χ4v) is 4.06. The summed E-state index contributed by atoms with van der Waals surface area (Å²) >= 11 is 0. The van der Waals surface area contributed by atoms with Crippen molar-refractivity contribution in [3.63, 3.8) is 0 Å². The number of nitrogens with one attached hydrogen (secondary N) is 2. The van der Waals surface area contributed by atoms with Crippen molar-refractivity contribution >= 4 is 29.5 Å². The van der Waals surface area contributed by atoms with E-state index in [1.807, 2.05) is 26.8 Å². The zero-order valence-corrected chi connectivity index (χ0v) is 19.6. The maximum absolute atomic E-state index is 13.3. The van der Waals surface area contributed by atoms with Gasteiger partial charge in [0.05, 0.1) is 5.56 Å². The summed E-state index contributed by atoms with van der Waals surface area (Å²) in [5, 5.41) is 29.7. The van der Waals surface area contributed by atoms with Crippen LogP contribution in [-0.2, 0) is 11.3 Å². The van der Waals surface area contributed by atoms with E-state index in [0.717, 1.165) is 30.2 Å². The maximum atomic E-state index is 13.3. The van der Waals surface area contributed by atoms with Crippen molar-refractivity contribution in [1.29, 1.82) is 0 Å². The van der Waals surface area contributed by atoms with Crippen molar-refractivity contribution < 1.29 is 24.5 Å². The predicted octanol–water partition coefficient (Wildman–Crippen LogP) is 2.67. The second kappa shape index (κ2) is 9.13. The van der Waals surface area contributed by atoms with Crippen LogP contribution in [0.5, 0.6) is 5.88 Å². The van der Waals surface area contributed by atoms with Crippen molar-refractivity contribution in [2.24, 2.45) is 11.3 Å². The van der Waals surface area contributed by atoms with Gasteiger partial charge in [0, 0.05) is 25.8 Å². The molecule has 2 aromatic heterocycles. The molecule has 0 unspecified atom stereocenters. The second-order valence-corrected chi connectivity index (χ2v) is 10.1. The van der Waals surface area contributed by atoms with Crippen LogP contribution < -0.4 is 16.2 Å². The summed E-state index contributed by atoms with van der Waals surface area (Å²) in [6.07, 6.45) is 5.62. The average Bonchev–Trinajstić information content (AvgIpc) is 3.49. The molecule has 4 rings (SSSR count). The number of fused-ring (bicyclic) bond motifs is 1. The number of aromatic nitrogens is 3. The Labute approximate surface area is 196 Å². The number of allylic oxidation sites excluding steroid dienone is 1. The summed E-state index contributed by atoms with van der Waals surface area (Å²) in [7, 11) is 0. The number of carbonyl (C=O) groups is 2. The van der Waals surface area contributed by atoms with Gasteiger partial charge >= 0.3 is 6.09 Å². The minimum atomic E-state index is -1.34. The summed E-state index contributed by atoms with van der Waals surface area (Å²) in [5.41, 5.74) is -1.00. The van der Waals surface area contributed by atoms with Gasteiger partial charge in [-0.3, -0.25) is 19.5 Å². The highest BCUT2D eigenvalue weighted by atomic mass is 16.5. The van der Waals surface area contributed by atoms with Gasteiger partial charge in [-0.05, 0) is 37.0 Å². The van der Waals surface area contributed by atoms with Crippen molar-refractivity contribution in [3.8, 4) is 5.88 Å². The fraction of sp³-hybridized carbons (Fsp3) is 0.565. The fourth-order valence-electron chi connectivity index (χ4n) is 4.06. The molecule has 2 aromatic rings. The van der Waals surface area contributed by atoms with Crippen molar-refractivity contribution in [3.05, 3.63) is 27.6 Å². The molecule has 1 saturated carbocycles. The molecule has 0 aromatic carbocycles.